The molecule has 5 rings (SSSR count). The van der Waals surface area contributed by atoms with Crippen LogP contribution in [-0.4, -0.2) is 91.1 Å². The number of aromatic nitrogens is 4. The number of aryl methyl sites for hydroxylation is 1. The van der Waals surface area contributed by atoms with Crippen molar-refractivity contribution < 1.29 is 4.74 Å². The van der Waals surface area contributed by atoms with E-state index in [1.807, 2.05) is 6.92 Å². The quantitative estimate of drug-likeness (QED) is 0.728. The summed E-state index contributed by atoms with van der Waals surface area (Å²) in [4.78, 5) is 18.9. The van der Waals surface area contributed by atoms with Crippen LogP contribution in [0.5, 0.6) is 0 Å². The van der Waals surface area contributed by atoms with E-state index in [0.717, 1.165) is 94.4 Å². The minimum Gasteiger partial charge on any atom is -0.376 e. The minimum atomic E-state index is 0.646. The fraction of sp³-hybridized carbons (Fsp3) is 0.619. The van der Waals surface area contributed by atoms with Crippen molar-refractivity contribution in [1.82, 2.24) is 25.1 Å². The number of hydrogen-bond donors (Lipinski definition) is 0. The molecule has 0 saturated carbocycles. The number of hydrogen-bond acceptors (Lipinski definition) is 9. The summed E-state index contributed by atoms with van der Waals surface area (Å²) in [6.07, 6.45) is 0.860. The van der Waals surface area contributed by atoms with Gasteiger partial charge in [-0.05, 0) is 20.0 Å². The molecular formula is C21H30N8O. The first-order valence-corrected chi connectivity index (χ1v) is 10.9. The molecule has 2 aromatic rings. The predicted octanol–water partition coefficient (Wildman–Crippen LogP) is 0.726. The zero-order valence-electron chi connectivity index (χ0n) is 17.9. The molecule has 0 bridgehead atoms. The highest BCUT2D eigenvalue weighted by Gasteiger charge is 2.23. The van der Waals surface area contributed by atoms with Crippen LogP contribution in [0.15, 0.2) is 12.1 Å². The van der Waals surface area contributed by atoms with Crippen LogP contribution in [0, 0.1) is 6.92 Å². The molecule has 9 nitrogen and oxygen atoms in total. The van der Waals surface area contributed by atoms with Gasteiger partial charge in [-0.3, -0.25) is 0 Å². The number of fused-ring (bicyclic) bond motifs is 1. The Bertz CT molecular complexity index is 891. The molecule has 0 aliphatic carbocycles. The third-order valence-corrected chi connectivity index (χ3v) is 6.25. The summed E-state index contributed by atoms with van der Waals surface area (Å²) < 4.78 is 5.58. The average molecular weight is 411 g/mol. The molecule has 0 amide bonds. The normalized spacial score (nSPS) is 20.4. The van der Waals surface area contributed by atoms with Crippen LogP contribution in [0.2, 0.25) is 0 Å². The Morgan fingerprint density at radius 1 is 0.767 bits per heavy atom. The third-order valence-electron chi connectivity index (χ3n) is 6.25. The highest BCUT2D eigenvalue weighted by molar-refractivity contribution is 5.53. The smallest absolute Gasteiger partial charge is 0.151 e. The molecule has 3 aliphatic heterocycles. The van der Waals surface area contributed by atoms with E-state index in [2.05, 4.69) is 49.0 Å². The van der Waals surface area contributed by atoms with Crippen molar-refractivity contribution in [3.63, 3.8) is 0 Å². The van der Waals surface area contributed by atoms with Crippen LogP contribution in [0.3, 0.4) is 0 Å². The van der Waals surface area contributed by atoms with E-state index in [1.54, 1.807) is 0 Å². The Kier molecular flexibility index (Phi) is 5.39. The molecule has 30 heavy (non-hydrogen) atoms. The molecule has 2 fully saturated rings. The number of rotatable bonds is 3. The van der Waals surface area contributed by atoms with Gasteiger partial charge >= 0.3 is 0 Å². The highest BCUT2D eigenvalue weighted by atomic mass is 16.5. The van der Waals surface area contributed by atoms with Gasteiger partial charge in [0, 0.05) is 70.4 Å². The lowest BCUT2D eigenvalue weighted by atomic mass is 10.1. The maximum absolute atomic E-state index is 5.58. The summed E-state index contributed by atoms with van der Waals surface area (Å²) >= 11 is 0. The second-order valence-corrected chi connectivity index (χ2v) is 8.37. The summed E-state index contributed by atoms with van der Waals surface area (Å²) in [5.41, 5.74) is 2.26. The molecule has 160 valence electrons. The van der Waals surface area contributed by atoms with Gasteiger partial charge in [0.2, 0.25) is 0 Å². The van der Waals surface area contributed by atoms with Crippen molar-refractivity contribution >= 4 is 17.5 Å². The maximum Gasteiger partial charge on any atom is 0.151 e. The van der Waals surface area contributed by atoms with Crippen molar-refractivity contribution in [1.29, 1.82) is 0 Å². The van der Waals surface area contributed by atoms with E-state index in [4.69, 9.17) is 14.7 Å². The molecule has 9 heteroatoms. The lowest BCUT2D eigenvalue weighted by Gasteiger charge is -2.37. The lowest BCUT2D eigenvalue weighted by molar-refractivity contribution is 0.109. The number of nitrogens with zero attached hydrogens (tertiary/aromatic N) is 8. The van der Waals surface area contributed by atoms with Crippen molar-refractivity contribution in [3.8, 4) is 0 Å². The van der Waals surface area contributed by atoms with E-state index in [0.29, 0.717) is 6.61 Å². The second kappa shape index (κ2) is 8.31. The average Bonchev–Trinajstić information content (AvgIpc) is 2.79. The van der Waals surface area contributed by atoms with E-state index in [1.165, 1.54) is 5.56 Å². The number of ether oxygens (including phenoxy) is 1. The molecule has 2 saturated heterocycles. The molecule has 0 aromatic carbocycles. The third kappa shape index (κ3) is 4.04. The zero-order valence-corrected chi connectivity index (χ0v) is 17.9. The SMILES string of the molecule is Cc1nc(N2CCN(C)CC2)cc(N2CCN(c3cc4c(nn3)CCOC4)CC2)n1. The standard InChI is InChI=1S/C21H30N8O/c1-16-22-19(27-6-4-26(2)5-7-27)14-20(23-16)28-8-10-29(11-9-28)21-13-17-15-30-12-3-18(17)24-25-21/h13-14H,3-12,15H2,1-2H3. The highest BCUT2D eigenvalue weighted by Crippen LogP contribution is 2.24. The summed E-state index contributed by atoms with van der Waals surface area (Å²) in [5.74, 6) is 3.87. The largest absolute Gasteiger partial charge is 0.376 e. The molecule has 0 spiro atoms. The Labute approximate surface area is 177 Å². The first kappa shape index (κ1) is 19.4. The van der Waals surface area contributed by atoms with E-state index in [-0.39, 0.29) is 0 Å². The lowest BCUT2D eigenvalue weighted by Crippen LogP contribution is -2.47. The minimum absolute atomic E-state index is 0.646. The van der Waals surface area contributed by atoms with E-state index in [9.17, 15) is 0 Å². The van der Waals surface area contributed by atoms with E-state index < -0.39 is 0 Å². The summed E-state index contributed by atoms with van der Waals surface area (Å²) in [6, 6.07) is 4.31. The molecule has 2 aromatic heterocycles. The van der Waals surface area contributed by atoms with Gasteiger partial charge in [0.05, 0.1) is 18.9 Å². The Hall–Kier alpha value is -2.52. The van der Waals surface area contributed by atoms with Crippen LogP contribution in [0.4, 0.5) is 17.5 Å². The van der Waals surface area contributed by atoms with Crippen LogP contribution in [0.1, 0.15) is 17.1 Å². The summed E-state index contributed by atoms with van der Waals surface area (Å²) in [6.45, 7) is 11.2. The van der Waals surface area contributed by atoms with Crippen LogP contribution in [-0.2, 0) is 17.8 Å². The Morgan fingerprint density at radius 2 is 1.37 bits per heavy atom. The van der Waals surface area contributed by atoms with Gasteiger partial charge in [0.1, 0.15) is 17.5 Å². The molecule has 0 atom stereocenters. The van der Waals surface area contributed by atoms with Crippen LogP contribution >= 0.6 is 0 Å². The van der Waals surface area contributed by atoms with E-state index >= 15 is 0 Å². The van der Waals surface area contributed by atoms with Crippen molar-refractivity contribution in [2.75, 3.05) is 80.7 Å². The Morgan fingerprint density at radius 3 is 2.03 bits per heavy atom. The number of anilines is 3. The molecule has 3 aliphatic rings. The van der Waals surface area contributed by atoms with Crippen molar-refractivity contribution in [3.05, 3.63) is 29.2 Å². The molecule has 5 heterocycles. The fourth-order valence-electron chi connectivity index (χ4n) is 4.35. The van der Waals surface area contributed by atoms with Crippen LogP contribution in [0.25, 0.3) is 0 Å². The van der Waals surface area contributed by atoms with Gasteiger partial charge in [0.25, 0.3) is 0 Å². The second-order valence-electron chi connectivity index (χ2n) is 8.37. The van der Waals surface area contributed by atoms with Gasteiger partial charge in [-0.25, -0.2) is 9.97 Å². The summed E-state index contributed by atoms with van der Waals surface area (Å²) in [5, 5.41) is 8.91. The predicted molar refractivity (Wildman–Crippen MR) is 116 cm³/mol. The van der Waals surface area contributed by atoms with Gasteiger partial charge in [-0.2, -0.15) is 5.10 Å². The van der Waals surface area contributed by atoms with Crippen molar-refractivity contribution in [2.24, 2.45) is 0 Å². The first-order valence-electron chi connectivity index (χ1n) is 10.9. The van der Waals surface area contributed by atoms with Gasteiger partial charge in [-0.15, -0.1) is 5.10 Å². The maximum atomic E-state index is 5.58. The number of piperazine rings is 2. The van der Waals surface area contributed by atoms with Gasteiger partial charge in [-0.1, -0.05) is 0 Å². The van der Waals surface area contributed by atoms with Crippen LogP contribution < -0.4 is 14.7 Å². The topological polar surface area (TPSA) is 73.8 Å². The first-order chi connectivity index (χ1) is 14.7. The molecule has 0 radical (unpaired) electrons. The van der Waals surface area contributed by atoms with Gasteiger partial charge < -0.3 is 24.3 Å². The van der Waals surface area contributed by atoms with Crippen molar-refractivity contribution in [2.45, 2.75) is 20.0 Å². The molecule has 0 N–H and O–H groups in total. The monoisotopic (exact) mass is 410 g/mol. The summed E-state index contributed by atoms with van der Waals surface area (Å²) in [7, 11) is 2.17. The molecular weight excluding hydrogens is 380 g/mol. The zero-order chi connectivity index (χ0) is 20.5. The molecule has 0 unspecified atom stereocenters. The number of likely N-dealkylation sites (N-methyl/N-ethyl adjacent to an activating group) is 1. The fourth-order valence-corrected chi connectivity index (χ4v) is 4.35. The van der Waals surface area contributed by atoms with Gasteiger partial charge in [0.15, 0.2) is 5.82 Å². The Balaban J connectivity index is 1.26.